The van der Waals surface area contributed by atoms with Gasteiger partial charge in [0.25, 0.3) is 0 Å². The van der Waals surface area contributed by atoms with Crippen LogP contribution in [0.4, 0.5) is 4.39 Å². The van der Waals surface area contributed by atoms with Gasteiger partial charge >= 0.3 is 0 Å². The second-order valence-corrected chi connectivity index (χ2v) is 4.89. The van der Waals surface area contributed by atoms with Crippen molar-refractivity contribution in [3.05, 3.63) is 34.6 Å². The summed E-state index contributed by atoms with van der Waals surface area (Å²) in [6, 6.07) is 3.99. The topological polar surface area (TPSA) is 52.5 Å². The van der Waals surface area contributed by atoms with E-state index < -0.39 is 5.54 Å². The number of benzene rings is 1. The zero-order valence-electron chi connectivity index (χ0n) is 10.6. The predicted molar refractivity (Wildman–Crippen MR) is 70.2 cm³/mol. The van der Waals surface area contributed by atoms with Crippen LogP contribution in [0.25, 0.3) is 0 Å². The first-order valence-corrected chi connectivity index (χ1v) is 6.30. The van der Waals surface area contributed by atoms with Crippen LogP contribution in [0.3, 0.4) is 0 Å². The van der Waals surface area contributed by atoms with E-state index in [2.05, 4.69) is 5.32 Å². The van der Waals surface area contributed by atoms with Gasteiger partial charge in [0.2, 0.25) is 0 Å². The molecule has 0 aliphatic carbocycles. The summed E-state index contributed by atoms with van der Waals surface area (Å²) >= 11 is 5.98. The summed E-state index contributed by atoms with van der Waals surface area (Å²) in [4.78, 5) is 0. The Balaban J connectivity index is 2.90. The van der Waals surface area contributed by atoms with Crippen LogP contribution in [0.5, 0.6) is 0 Å². The third-order valence-corrected chi connectivity index (χ3v) is 3.56. The van der Waals surface area contributed by atoms with Gasteiger partial charge in [0, 0.05) is 11.1 Å². The first kappa shape index (κ1) is 15.4. The molecule has 1 rings (SSSR count). The molecule has 0 radical (unpaired) electrons. The Hall–Kier alpha value is -0.680. The van der Waals surface area contributed by atoms with Gasteiger partial charge in [0.15, 0.2) is 0 Å². The zero-order chi connectivity index (χ0) is 13.8. The Morgan fingerprint density at radius 3 is 2.44 bits per heavy atom. The maximum Gasteiger partial charge on any atom is 0.124 e. The van der Waals surface area contributed by atoms with Crippen LogP contribution in [0.15, 0.2) is 18.2 Å². The van der Waals surface area contributed by atoms with Crippen molar-refractivity contribution >= 4 is 11.6 Å². The molecule has 0 aliphatic heterocycles. The Labute approximate surface area is 112 Å². The van der Waals surface area contributed by atoms with Crippen molar-refractivity contribution in [3.63, 3.8) is 0 Å². The molecule has 3 N–H and O–H groups in total. The molecule has 0 heterocycles. The fourth-order valence-electron chi connectivity index (χ4n) is 1.86. The largest absolute Gasteiger partial charge is 0.394 e. The molecule has 18 heavy (non-hydrogen) atoms. The molecule has 1 unspecified atom stereocenters. The predicted octanol–water partition coefficient (Wildman–Crippen LogP) is 2.26. The molecular formula is C13H19ClFNO2. The lowest BCUT2D eigenvalue weighted by molar-refractivity contribution is 0.0793. The standard InChI is InChI=1S/C13H19ClFNO2/c1-3-13(7-17,8-18)16-9(2)11-5-4-10(15)6-12(11)14/h4-6,9,16-18H,3,7-8H2,1-2H3. The molecule has 0 saturated carbocycles. The third kappa shape index (κ3) is 3.42. The van der Waals surface area contributed by atoms with Crippen molar-refractivity contribution in [2.45, 2.75) is 31.8 Å². The van der Waals surface area contributed by atoms with Gasteiger partial charge in [0.1, 0.15) is 5.82 Å². The third-order valence-electron chi connectivity index (χ3n) is 3.23. The van der Waals surface area contributed by atoms with Crippen LogP contribution >= 0.6 is 11.6 Å². The van der Waals surface area contributed by atoms with Crippen LogP contribution in [0.2, 0.25) is 5.02 Å². The summed E-state index contributed by atoms with van der Waals surface area (Å²) in [5, 5.41) is 22.2. The van der Waals surface area contributed by atoms with Gasteiger partial charge < -0.3 is 15.5 Å². The normalized spacial score (nSPS) is 13.7. The van der Waals surface area contributed by atoms with E-state index >= 15 is 0 Å². The lowest BCUT2D eigenvalue weighted by Gasteiger charge is -2.33. The number of hydrogen-bond acceptors (Lipinski definition) is 3. The molecule has 0 aliphatic rings. The second-order valence-electron chi connectivity index (χ2n) is 4.48. The van der Waals surface area contributed by atoms with Gasteiger partial charge in [0.05, 0.1) is 18.8 Å². The molecular weight excluding hydrogens is 257 g/mol. The molecule has 0 aromatic heterocycles. The number of hydrogen-bond donors (Lipinski definition) is 3. The smallest absolute Gasteiger partial charge is 0.124 e. The van der Waals surface area contributed by atoms with E-state index in [1.807, 2.05) is 13.8 Å². The molecule has 3 nitrogen and oxygen atoms in total. The summed E-state index contributed by atoms with van der Waals surface area (Å²) < 4.78 is 13.0. The minimum Gasteiger partial charge on any atom is -0.394 e. The van der Waals surface area contributed by atoms with Crippen molar-refractivity contribution in [1.29, 1.82) is 0 Å². The van der Waals surface area contributed by atoms with Crippen LogP contribution in [0, 0.1) is 5.82 Å². The van der Waals surface area contributed by atoms with Crippen LogP contribution in [0.1, 0.15) is 31.9 Å². The summed E-state index contributed by atoms with van der Waals surface area (Å²) in [7, 11) is 0. The molecule has 102 valence electrons. The van der Waals surface area contributed by atoms with Gasteiger partial charge in [-0.05, 0) is 31.0 Å². The Morgan fingerprint density at radius 1 is 1.39 bits per heavy atom. The van der Waals surface area contributed by atoms with Crippen molar-refractivity contribution < 1.29 is 14.6 Å². The number of rotatable bonds is 6. The van der Waals surface area contributed by atoms with Gasteiger partial charge in [-0.25, -0.2) is 4.39 Å². The molecule has 1 atom stereocenters. The minimum atomic E-state index is -0.753. The van der Waals surface area contributed by atoms with E-state index in [0.29, 0.717) is 11.4 Å². The van der Waals surface area contributed by atoms with E-state index in [9.17, 15) is 14.6 Å². The highest BCUT2D eigenvalue weighted by atomic mass is 35.5. The van der Waals surface area contributed by atoms with E-state index in [0.717, 1.165) is 5.56 Å². The molecule has 0 bridgehead atoms. The lowest BCUT2D eigenvalue weighted by Crippen LogP contribution is -2.52. The molecule has 5 heteroatoms. The summed E-state index contributed by atoms with van der Waals surface area (Å²) in [5.74, 6) is -0.387. The van der Waals surface area contributed by atoms with E-state index in [1.54, 1.807) is 6.07 Å². The average Bonchev–Trinajstić information content (AvgIpc) is 2.36. The SMILES string of the molecule is CCC(CO)(CO)NC(C)c1ccc(F)cc1Cl. The number of aliphatic hydroxyl groups is 2. The number of nitrogens with one attached hydrogen (secondary N) is 1. The van der Waals surface area contributed by atoms with E-state index in [-0.39, 0.29) is 25.1 Å². The Morgan fingerprint density at radius 2 is 2.00 bits per heavy atom. The highest BCUT2D eigenvalue weighted by molar-refractivity contribution is 6.31. The maximum absolute atomic E-state index is 13.0. The fraction of sp³-hybridized carbons (Fsp3) is 0.538. The van der Waals surface area contributed by atoms with Crippen molar-refractivity contribution in [2.24, 2.45) is 0 Å². The lowest BCUT2D eigenvalue weighted by atomic mass is 9.95. The first-order valence-electron chi connectivity index (χ1n) is 5.92. The number of aliphatic hydroxyl groups excluding tert-OH is 2. The van der Waals surface area contributed by atoms with Crippen molar-refractivity contribution in [3.8, 4) is 0 Å². The highest BCUT2D eigenvalue weighted by Crippen LogP contribution is 2.26. The monoisotopic (exact) mass is 275 g/mol. The Kier molecular flexibility index (Phi) is 5.53. The zero-order valence-corrected chi connectivity index (χ0v) is 11.3. The Bertz CT molecular complexity index is 388. The molecule has 1 aromatic carbocycles. The van der Waals surface area contributed by atoms with Crippen LogP contribution in [-0.2, 0) is 0 Å². The van der Waals surface area contributed by atoms with Crippen LogP contribution < -0.4 is 5.32 Å². The van der Waals surface area contributed by atoms with Crippen LogP contribution in [-0.4, -0.2) is 29.0 Å². The van der Waals surface area contributed by atoms with Gasteiger partial charge in [-0.15, -0.1) is 0 Å². The molecule has 0 spiro atoms. The molecule has 1 aromatic rings. The van der Waals surface area contributed by atoms with Gasteiger partial charge in [-0.1, -0.05) is 24.6 Å². The molecule has 0 fully saturated rings. The summed E-state index contributed by atoms with van der Waals surface area (Å²) in [6.45, 7) is 3.37. The molecule has 0 amide bonds. The maximum atomic E-state index is 13.0. The van der Waals surface area contributed by atoms with Gasteiger partial charge in [-0.2, -0.15) is 0 Å². The summed E-state index contributed by atoms with van der Waals surface area (Å²) in [5.41, 5.74) is -0.0188. The average molecular weight is 276 g/mol. The summed E-state index contributed by atoms with van der Waals surface area (Å²) in [6.07, 6.45) is 0.573. The number of halogens is 2. The fourth-order valence-corrected chi connectivity index (χ4v) is 2.19. The van der Waals surface area contributed by atoms with E-state index in [4.69, 9.17) is 11.6 Å². The van der Waals surface area contributed by atoms with Crippen molar-refractivity contribution in [2.75, 3.05) is 13.2 Å². The van der Waals surface area contributed by atoms with E-state index in [1.165, 1.54) is 12.1 Å². The quantitative estimate of drug-likeness (QED) is 0.746. The second kappa shape index (κ2) is 6.48. The van der Waals surface area contributed by atoms with Crippen molar-refractivity contribution in [1.82, 2.24) is 5.32 Å². The minimum absolute atomic E-state index is 0.177. The highest BCUT2D eigenvalue weighted by Gasteiger charge is 2.28. The first-order chi connectivity index (χ1) is 8.48. The molecule has 0 saturated heterocycles. The van der Waals surface area contributed by atoms with Gasteiger partial charge in [-0.3, -0.25) is 0 Å².